The largest absolute Gasteiger partial charge is 0.477 e. The molecule has 3 aliphatic rings. The number of aromatic nitrogens is 1. The molecule has 0 spiro atoms. The molecule has 6 nitrogen and oxygen atoms in total. The lowest BCUT2D eigenvalue weighted by molar-refractivity contribution is 0.0695. The first-order valence-electron chi connectivity index (χ1n) is 9.14. The number of halogens is 2. The van der Waals surface area contributed by atoms with E-state index in [0.29, 0.717) is 23.8 Å². The van der Waals surface area contributed by atoms with Gasteiger partial charge in [-0.25, -0.2) is 9.18 Å². The van der Waals surface area contributed by atoms with Gasteiger partial charge in [-0.2, -0.15) is 0 Å². The fourth-order valence-electron chi connectivity index (χ4n) is 4.63. The van der Waals surface area contributed by atoms with Gasteiger partial charge in [0, 0.05) is 37.4 Å². The lowest BCUT2D eigenvalue weighted by Gasteiger charge is -2.34. The molecule has 0 amide bonds. The van der Waals surface area contributed by atoms with E-state index in [2.05, 4.69) is 11.9 Å². The number of hydrogen-bond acceptors (Lipinski definition) is 4. The van der Waals surface area contributed by atoms with Crippen molar-refractivity contribution in [1.82, 2.24) is 9.47 Å². The van der Waals surface area contributed by atoms with Crippen molar-refractivity contribution in [2.24, 2.45) is 0 Å². The van der Waals surface area contributed by atoms with Crippen molar-refractivity contribution in [3.63, 3.8) is 0 Å². The molecule has 1 aromatic heterocycles. The summed E-state index contributed by atoms with van der Waals surface area (Å²) in [6, 6.07) is 1.84. The summed E-state index contributed by atoms with van der Waals surface area (Å²) in [6.45, 7) is 1.55. The third-order valence-corrected chi connectivity index (χ3v) is 6.51. The summed E-state index contributed by atoms with van der Waals surface area (Å²) in [5.41, 5.74) is -0.257. The van der Waals surface area contributed by atoms with Gasteiger partial charge < -0.3 is 14.6 Å². The SMILES string of the molecule is CN1C[C@@H]2C[C@H]1CN2c1c(F)cc2c(=O)c(C(=O)O)cn(C3CC3)c2c1Cl. The minimum Gasteiger partial charge on any atom is -0.477 e. The molecule has 1 N–H and O–H groups in total. The number of piperazine rings is 1. The van der Waals surface area contributed by atoms with Crippen molar-refractivity contribution in [2.45, 2.75) is 37.4 Å². The highest BCUT2D eigenvalue weighted by atomic mass is 35.5. The molecule has 2 aliphatic heterocycles. The van der Waals surface area contributed by atoms with E-state index in [1.165, 1.54) is 12.3 Å². The van der Waals surface area contributed by atoms with Crippen molar-refractivity contribution in [2.75, 3.05) is 25.0 Å². The highest BCUT2D eigenvalue weighted by molar-refractivity contribution is 6.38. The zero-order valence-electron chi connectivity index (χ0n) is 14.8. The number of hydrogen-bond donors (Lipinski definition) is 1. The van der Waals surface area contributed by atoms with E-state index in [9.17, 15) is 14.7 Å². The lowest BCUT2D eigenvalue weighted by Crippen LogP contribution is -2.45. The number of aromatic carboxylic acids is 1. The fourth-order valence-corrected chi connectivity index (χ4v) is 5.03. The van der Waals surface area contributed by atoms with Crippen LogP contribution in [-0.2, 0) is 0 Å². The summed E-state index contributed by atoms with van der Waals surface area (Å²) in [6.07, 6.45) is 4.11. The number of benzene rings is 1. The zero-order chi connectivity index (χ0) is 19.0. The number of likely N-dealkylation sites (tertiary alicyclic amines) is 1. The highest BCUT2D eigenvalue weighted by Gasteiger charge is 2.43. The summed E-state index contributed by atoms with van der Waals surface area (Å²) in [7, 11) is 2.07. The van der Waals surface area contributed by atoms with Gasteiger partial charge in [0.05, 0.1) is 21.6 Å². The molecule has 1 aliphatic carbocycles. The van der Waals surface area contributed by atoms with E-state index in [1.807, 2.05) is 4.90 Å². The first-order valence-corrected chi connectivity index (χ1v) is 9.51. The van der Waals surface area contributed by atoms with Gasteiger partial charge >= 0.3 is 5.97 Å². The first-order chi connectivity index (χ1) is 12.9. The number of fused-ring (bicyclic) bond motifs is 3. The van der Waals surface area contributed by atoms with Gasteiger partial charge in [0.25, 0.3) is 0 Å². The quantitative estimate of drug-likeness (QED) is 0.871. The Hall–Kier alpha value is -2.12. The molecule has 5 rings (SSSR count). The van der Waals surface area contributed by atoms with Gasteiger partial charge in [-0.15, -0.1) is 0 Å². The van der Waals surface area contributed by atoms with Crippen LogP contribution in [0.15, 0.2) is 17.1 Å². The van der Waals surface area contributed by atoms with Crippen LogP contribution in [0.2, 0.25) is 5.02 Å². The van der Waals surface area contributed by atoms with E-state index in [0.717, 1.165) is 25.8 Å². The average molecular weight is 392 g/mol. The van der Waals surface area contributed by atoms with E-state index in [1.54, 1.807) is 4.57 Å². The molecule has 2 atom stereocenters. The monoisotopic (exact) mass is 391 g/mol. The lowest BCUT2D eigenvalue weighted by atomic mass is 10.1. The number of anilines is 1. The Balaban J connectivity index is 1.76. The second-order valence-electron chi connectivity index (χ2n) is 7.87. The van der Waals surface area contributed by atoms with Crippen molar-refractivity contribution in [3.8, 4) is 0 Å². The van der Waals surface area contributed by atoms with Crippen LogP contribution in [0.25, 0.3) is 10.9 Å². The number of carbonyl (C=O) groups is 1. The number of pyridine rings is 1. The highest BCUT2D eigenvalue weighted by Crippen LogP contribution is 2.44. The number of likely N-dealkylation sites (N-methyl/N-ethyl adjacent to an activating group) is 1. The Labute approximate surface area is 159 Å². The number of carboxylic acids is 1. The predicted molar refractivity (Wildman–Crippen MR) is 101 cm³/mol. The van der Waals surface area contributed by atoms with Crippen LogP contribution in [0, 0.1) is 5.82 Å². The summed E-state index contributed by atoms with van der Waals surface area (Å²) < 4.78 is 16.8. The van der Waals surface area contributed by atoms with E-state index in [4.69, 9.17) is 11.6 Å². The minimum absolute atomic E-state index is 0.0366. The third kappa shape index (κ3) is 2.41. The Morgan fingerprint density at radius 1 is 1.26 bits per heavy atom. The summed E-state index contributed by atoms with van der Waals surface area (Å²) >= 11 is 6.68. The standard InChI is InChI=1S/C19H19ClFN3O3/c1-22-6-11-4-10(22)7-23(11)17-14(21)5-12-16(15(17)20)24(9-2-3-9)8-13(18(12)25)19(26)27/h5,8-11H,2-4,6-7H2,1H3,(H,26,27)/t10-,11-/m0/s1. The number of rotatable bonds is 3. The maximum atomic E-state index is 15.1. The topological polar surface area (TPSA) is 65.8 Å². The Bertz CT molecular complexity index is 1050. The smallest absolute Gasteiger partial charge is 0.341 e. The molecule has 2 aromatic rings. The molecule has 27 heavy (non-hydrogen) atoms. The fraction of sp³-hybridized carbons (Fsp3) is 0.474. The summed E-state index contributed by atoms with van der Waals surface area (Å²) in [5, 5.41) is 9.61. The zero-order valence-corrected chi connectivity index (χ0v) is 15.5. The van der Waals surface area contributed by atoms with Crippen LogP contribution < -0.4 is 10.3 Å². The first kappa shape index (κ1) is 17.0. The number of carboxylic acid groups (broad SMARTS) is 1. The molecule has 1 aromatic carbocycles. The molecular formula is C19H19ClFN3O3. The van der Waals surface area contributed by atoms with Crippen molar-refractivity contribution < 1.29 is 14.3 Å². The third-order valence-electron chi connectivity index (χ3n) is 6.16. The van der Waals surface area contributed by atoms with Gasteiger partial charge in [0.2, 0.25) is 5.43 Å². The molecule has 142 valence electrons. The van der Waals surface area contributed by atoms with E-state index in [-0.39, 0.29) is 28.1 Å². The molecule has 3 fully saturated rings. The predicted octanol–water partition coefficient (Wildman–Crippen LogP) is 2.72. The van der Waals surface area contributed by atoms with Gasteiger partial charge in [-0.05, 0) is 32.4 Å². The maximum Gasteiger partial charge on any atom is 0.341 e. The molecule has 1 saturated carbocycles. The maximum absolute atomic E-state index is 15.1. The molecular weight excluding hydrogens is 373 g/mol. The summed E-state index contributed by atoms with van der Waals surface area (Å²) in [4.78, 5) is 28.4. The van der Waals surface area contributed by atoms with Crippen LogP contribution in [0.1, 0.15) is 35.7 Å². The molecule has 0 radical (unpaired) electrons. The van der Waals surface area contributed by atoms with Gasteiger partial charge in [-0.3, -0.25) is 9.69 Å². The van der Waals surface area contributed by atoms with Crippen LogP contribution in [-0.4, -0.2) is 52.8 Å². The Morgan fingerprint density at radius 2 is 2.00 bits per heavy atom. The second-order valence-corrected chi connectivity index (χ2v) is 8.25. The van der Waals surface area contributed by atoms with Crippen LogP contribution in [0.5, 0.6) is 0 Å². The van der Waals surface area contributed by atoms with E-state index < -0.39 is 17.2 Å². The van der Waals surface area contributed by atoms with Crippen molar-refractivity contribution >= 4 is 34.2 Å². The summed E-state index contributed by atoms with van der Waals surface area (Å²) in [5.74, 6) is -1.87. The Kier molecular flexibility index (Phi) is 3.58. The van der Waals surface area contributed by atoms with Gasteiger partial charge in [0.15, 0.2) is 0 Å². The molecule has 3 heterocycles. The molecule has 8 heteroatoms. The Morgan fingerprint density at radius 3 is 2.56 bits per heavy atom. The van der Waals surface area contributed by atoms with E-state index >= 15 is 4.39 Å². The normalized spacial score (nSPS) is 24.9. The average Bonchev–Trinajstić information content (AvgIpc) is 3.28. The van der Waals surface area contributed by atoms with Crippen LogP contribution in [0.3, 0.4) is 0 Å². The van der Waals surface area contributed by atoms with Crippen molar-refractivity contribution in [1.29, 1.82) is 0 Å². The number of nitrogens with zero attached hydrogens (tertiary/aromatic N) is 3. The molecule has 0 unspecified atom stereocenters. The molecule has 2 bridgehead atoms. The van der Waals surface area contributed by atoms with Crippen LogP contribution >= 0.6 is 11.6 Å². The van der Waals surface area contributed by atoms with Gasteiger partial charge in [0.1, 0.15) is 11.4 Å². The van der Waals surface area contributed by atoms with Crippen LogP contribution in [0.4, 0.5) is 10.1 Å². The molecule has 2 saturated heterocycles. The minimum atomic E-state index is -1.31. The van der Waals surface area contributed by atoms with Gasteiger partial charge in [-0.1, -0.05) is 11.6 Å². The van der Waals surface area contributed by atoms with Crippen molar-refractivity contribution in [3.05, 3.63) is 38.9 Å². The second kappa shape index (κ2) is 5.69.